The summed E-state index contributed by atoms with van der Waals surface area (Å²) in [5.41, 5.74) is -0.538. The van der Waals surface area contributed by atoms with Gasteiger partial charge in [-0.1, -0.05) is 13.3 Å². The number of rotatable bonds is 7. The van der Waals surface area contributed by atoms with Crippen LogP contribution in [0.3, 0.4) is 0 Å². The van der Waals surface area contributed by atoms with Gasteiger partial charge in [0, 0.05) is 13.0 Å². The van der Waals surface area contributed by atoms with Gasteiger partial charge in [-0.05, 0) is 36.6 Å². The number of carbonyl (C=O) groups excluding carboxylic acids is 1. The molecule has 0 aromatic rings. The Morgan fingerprint density at radius 3 is 2.56 bits per heavy atom. The highest BCUT2D eigenvalue weighted by molar-refractivity contribution is 5.75. The van der Waals surface area contributed by atoms with Gasteiger partial charge in [0.05, 0.1) is 0 Å². The summed E-state index contributed by atoms with van der Waals surface area (Å²) in [6.07, 6.45) is 4.11. The van der Waals surface area contributed by atoms with Crippen LogP contribution < -0.4 is 5.32 Å². The predicted octanol–water partition coefficient (Wildman–Crippen LogP) is 2.62. The Morgan fingerprint density at radius 2 is 1.94 bits per heavy atom. The lowest BCUT2D eigenvalue weighted by Crippen LogP contribution is -2.25. The summed E-state index contributed by atoms with van der Waals surface area (Å²) in [5.74, 6) is 0.101. The lowest BCUT2D eigenvalue weighted by Gasteiger charge is -2.12. The van der Waals surface area contributed by atoms with Gasteiger partial charge in [-0.3, -0.25) is 4.79 Å². The average Bonchev–Trinajstić information content (AvgIpc) is 2.66. The van der Waals surface area contributed by atoms with Gasteiger partial charge < -0.3 is 5.32 Å². The average molecular weight is 225 g/mol. The molecular weight excluding hydrogens is 206 g/mol. The second-order valence-corrected chi connectivity index (χ2v) is 4.15. The van der Waals surface area contributed by atoms with E-state index in [9.17, 15) is 4.79 Å². The Balaban J connectivity index is 2.08. The summed E-state index contributed by atoms with van der Waals surface area (Å²) in [6.45, 7) is 4.73. The molecule has 6 nitrogen and oxygen atoms in total. The van der Waals surface area contributed by atoms with E-state index in [1.165, 1.54) is 0 Å². The third kappa shape index (κ3) is 4.46. The largest absolute Gasteiger partial charge is 0.356 e. The molecular formula is C10H19N5O. The molecule has 0 bridgehead atoms. The zero-order valence-corrected chi connectivity index (χ0v) is 9.94. The summed E-state index contributed by atoms with van der Waals surface area (Å²) in [4.78, 5) is 11.4. The van der Waals surface area contributed by atoms with E-state index in [0.29, 0.717) is 12.8 Å². The van der Waals surface area contributed by atoms with E-state index in [1.807, 2.05) is 6.92 Å². The first-order valence-corrected chi connectivity index (χ1v) is 5.77. The third-order valence-electron chi connectivity index (χ3n) is 2.47. The molecule has 0 unspecified atom stereocenters. The van der Waals surface area contributed by atoms with Crippen LogP contribution in [0.4, 0.5) is 0 Å². The van der Waals surface area contributed by atoms with Crippen molar-refractivity contribution in [3.63, 3.8) is 0 Å². The highest BCUT2D eigenvalue weighted by atomic mass is 16.1. The molecule has 0 saturated carbocycles. The SMILES string of the molecule is CCCCNC(=O)CCCC1(C)N=NN=N1. The molecule has 1 amide bonds. The maximum atomic E-state index is 11.4. The number of amides is 1. The van der Waals surface area contributed by atoms with Gasteiger partial charge in [-0.15, -0.1) is 10.2 Å². The van der Waals surface area contributed by atoms with Crippen molar-refractivity contribution in [2.75, 3.05) is 6.54 Å². The van der Waals surface area contributed by atoms with E-state index in [-0.39, 0.29) is 5.91 Å². The molecule has 90 valence electrons. The summed E-state index contributed by atoms with van der Waals surface area (Å²) < 4.78 is 0. The van der Waals surface area contributed by atoms with Gasteiger partial charge in [0.15, 0.2) is 5.66 Å². The Labute approximate surface area is 95.6 Å². The first kappa shape index (κ1) is 12.7. The van der Waals surface area contributed by atoms with Crippen LogP contribution >= 0.6 is 0 Å². The van der Waals surface area contributed by atoms with E-state index in [1.54, 1.807) is 0 Å². The van der Waals surface area contributed by atoms with Gasteiger partial charge in [0.25, 0.3) is 0 Å². The molecule has 0 radical (unpaired) electrons. The number of carbonyl (C=O) groups is 1. The number of hydrogen-bond acceptors (Lipinski definition) is 5. The van der Waals surface area contributed by atoms with Crippen LogP contribution in [0.25, 0.3) is 0 Å². The van der Waals surface area contributed by atoms with Gasteiger partial charge in [-0.25, -0.2) is 0 Å². The monoisotopic (exact) mass is 225 g/mol. The molecule has 1 rings (SSSR count). The third-order valence-corrected chi connectivity index (χ3v) is 2.47. The first-order chi connectivity index (χ1) is 7.66. The maximum Gasteiger partial charge on any atom is 0.219 e. The fraction of sp³-hybridized carbons (Fsp3) is 0.900. The summed E-state index contributed by atoms with van der Waals surface area (Å²) >= 11 is 0. The Hall–Kier alpha value is -1.33. The van der Waals surface area contributed by atoms with Crippen LogP contribution in [0, 0.1) is 0 Å². The molecule has 0 saturated heterocycles. The van der Waals surface area contributed by atoms with E-state index in [2.05, 4.69) is 32.9 Å². The smallest absolute Gasteiger partial charge is 0.219 e. The Bertz CT molecular complexity index is 275. The standard InChI is InChI=1S/C10H19N5O/c1-3-4-8-11-9(16)6-5-7-10(2)12-14-15-13-10/h3-8H2,1-2H3,(H,11,16). The zero-order valence-electron chi connectivity index (χ0n) is 9.94. The molecule has 0 spiro atoms. The van der Waals surface area contributed by atoms with Crippen LogP contribution in [0.1, 0.15) is 46.0 Å². The molecule has 0 fully saturated rings. The molecule has 0 aromatic carbocycles. The van der Waals surface area contributed by atoms with Gasteiger partial charge in [0.2, 0.25) is 5.91 Å². The molecule has 1 aliphatic rings. The number of unbranched alkanes of at least 4 members (excludes halogenated alkanes) is 1. The van der Waals surface area contributed by atoms with Crippen molar-refractivity contribution in [1.82, 2.24) is 5.32 Å². The van der Waals surface area contributed by atoms with Crippen LogP contribution in [-0.4, -0.2) is 18.1 Å². The Morgan fingerprint density at radius 1 is 1.25 bits per heavy atom. The fourth-order valence-corrected chi connectivity index (χ4v) is 1.43. The van der Waals surface area contributed by atoms with Crippen LogP contribution in [0.2, 0.25) is 0 Å². The van der Waals surface area contributed by atoms with Crippen molar-refractivity contribution < 1.29 is 4.79 Å². The van der Waals surface area contributed by atoms with Crippen molar-refractivity contribution in [2.24, 2.45) is 20.7 Å². The van der Waals surface area contributed by atoms with E-state index >= 15 is 0 Å². The molecule has 0 aromatic heterocycles. The maximum absolute atomic E-state index is 11.4. The quantitative estimate of drug-likeness (QED) is 0.664. The Kier molecular flexibility index (Phi) is 5.01. The number of hydrogen-bond donors (Lipinski definition) is 1. The highest BCUT2D eigenvalue weighted by Crippen LogP contribution is 2.25. The van der Waals surface area contributed by atoms with Crippen LogP contribution in [-0.2, 0) is 4.79 Å². The molecule has 0 aliphatic carbocycles. The van der Waals surface area contributed by atoms with Crippen molar-refractivity contribution in [3.05, 3.63) is 0 Å². The van der Waals surface area contributed by atoms with Gasteiger partial charge >= 0.3 is 0 Å². The molecule has 16 heavy (non-hydrogen) atoms. The minimum absolute atomic E-state index is 0.101. The topological polar surface area (TPSA) is 78.5 Å². The molecule has 1 aliphatic heterocycles. The first-order valence-electron chi connectivity index (χ1n) is 5.77. The van der Waals surface area contributed by atoms with Crippen LogP contribution in [0.15, 0.2) is 20.7 Å². The van der Waals surface area contributed by atoms with E-state index < -0.39 is 5.66 Å². The number of nitrogens with zero attached hydrogens (tertiary/aromatic N) is 4. The molecule has 1 N–H and O–H groups in total. The summed E-state index contributed by atoms with van der Waals surface area (Å²) in [6, 6.07) is 0. The minimum Gasteiger partial charge on any atom is -0.356 e. The minimum atomic E-state index is -0.538. The van der Waals surface area contributed by atoms with E-state index in [0.717, 1.165) is 25.8 Å². The zero-order chi connectivity index (χ0) is 11.9. The molecule has 0 atom stereocenters. The van der Waals surface area contributed by atoms with E-state index in [4.69, 9.17) is 0 Å². The van der Waals surface area contributed by atoms with Crippen molar-refractivity contribution in [1.29, 1.82) is 0 Å². The van der Waals surface area contributed by atoms with Crippen molar-refractivity contribution in [3.8, 4) is 0 Å². The van der Waals surface area contributed by atoms with Crippen molar-refractivity contribution >= 4 is 5.91 Å². The fourth-order valence-electron chi connectivity index (χ4n) is 1.43. The second kappa shape index (κ2) is 6.30. The normalized spacial score (nSPS) is 16.6. The van der Waals surface area contributed by atoms with Crippen LogP contribution in [0.5, 0.6) is 0 Å². The van der Waals surface area contributed by atoms with Crippen molar-refractivity contribution in [2.45, 2.75) is 51.6 Å². The molecule has 1 heterocycles. The highest BCUT2D eigenvalue weighted by Gasteiger charge is 2.26. The summed E-state index contributed by atoms with van der Waals surface area (Å²) in [7, 11) is 0. The number of nitrogens with one attached hydrogen (secondary N) is 1. The lowest BCUT2D eigenvalue weighted by molar-refractivity contribution is -0.121. The van der Waals surface area contributed by atoms with Gasteiger partial charge in [0.1, 0.15) is 0 Å². The lowest BCUT2D eigenvalue weighted by atomic mass is 10.1. The van der Waals surface area contributed by atoms with Gasteiger partial charge in [-0.2, -0.15) is 0 Å². The summed E-state index contributed by atoms with van der Waals surface area (Å²) in [5, 5.41) is 17.6. The predicted molar refractivity (Wildman–Crippen MR) is 59.9 cm³/mol. The molecule has 6 heteroatoms. The second-order valence-electron chi connectivity index (χ2n) is 4.15.